The number of anilines is 9. The van der Waals surface area contributed by atoms with Crippen molar-refractivity contribution in [3.8, 4) is 0 Å². The Hall–Kier alpha value is -5.67. The van der Waals surface area contributed by atoms with E-state index in [9.17, 15) is 0 Å². The lowest BCUT2D eigenvalue weighted by Gasteiger charge is -2.51. The van der Waals surface area contributed by atoms with Crippen LogP contribution in [0.4, 0.5) is 53.5 Å². The molecule has 0 aliphatic carbocycles. The normalized spacial score (nSPS) is 20.2. The Labute approximate surface area is 771 Å². The van der Waals surface area contributed by atoms with Crippen LogP contribution >= 0.6 is 0 Å². The van der Waals surface area contributed by atoms with E-state index in [1.807, 2.05) is 6.20 Å². The zero-order chi connectivity index (χ0) is 91.8. The first kappa shape index (κ1) is 105. The van der Waals surface area contributed by atoms with Gasteiger partial charge in [0, 0.05) is 170 Å². The monoisotopic (exact) mass is 1740 g/mol. The molecule has 0 aromatic carbocycles. The highest BCUT2D eigenvalue weighted by atomic mass is 15.4. The van der Waals surface area contributed by atoms with Crippen molar-refractivity contribution in [3.63, 3.8) is 0 Å². The predicted octanol–water partition coefficient (Wildman–Crippen LogP) is 22.4. The Kier molecular flexibility index (Phi) is 39.3. The van der Waals surface area contributed by atoms with Crippen molar-refractivity contribution in [1.82, 2.24) is 71.4 Å². The second kappa shape index (κ2) is 46.9. The maximum atomic E-state index is 6.10. The topological polar surface area (TPSA) is 205 Å². The van der Waals surface area contributed by atoms with Crippen LogP contribution in [0.2, 0.25) is 0 Å². The molecule has 720 valence electrons. The molecule has 5 aliphatic rings. The van der Waals surface area contributed by atoms with Crippen LogP contribution in [-0.2, 0) is 0 Å². The van der Waals surface area contributed by atoms with Gasteiger partial charge < -0.3 is 70.7 Å². The molecule has 0 radical (unpaired) electrons. The molecule has 0 bridgehead atoms. The van der Waals surface area contributed by atoms with E-state index < -0.39 is 0 Å². The average Bonchev–Trinajstić information content (AvgIpc) is 0.770. The Bertz CT molecular complexity index is 3660. The maximum Gasteiger partial charge on any atom is 0.236 e. The number of nitrogens with zero attached hydrogens (tertiary/aromatic N) is 18. The van der Waals surface area contributed by atoms with Crippen LogP contribution in [0.15, 0.2) is 24.2 Å². The zero-order valence-corrected chi connectivity index (χ0v) is 85.7. The van der Waals surface area contributed by atoms with Gasteiger partial charge in [0.15, 0.2) is 0 Å². The Morgan fingerprint density at radius 1 is 0.248 bits per heavy atom. The third-order valence-electron chi connectivity index (χ3n) is 26.9. The first-order chi connectivity index (χ1) is 58.8. The third-order valence-corrected chi connectivity index (χ3v) is 26.9. The molecule has 5 fully saturated rings. The molecule has 5 saturated heterocycles. The quantitative estimate of drug-likeness (QED) is 0.0263. The molecule has 0 saturated carbocycles. The summed E-state index contributed by atoms with van der Waals surface area (Å²) in [6.45, 7) is 81.0. The molecule has 0 atom stereocenters. The van der Waals surface area contributed by atoms with Gasteiger partial charge in [0.2, 0.25) is 53.5 Å². The largest absolute Gasteiger partial charge is 0.341 e. The fourth-order valence-electron chi connectivity index (χ4n) is 22.8. The molecule has 8 rings (SSSR count). The second-order valence-electron chi connectivity index (χ2n) is 45.7. The molecule has 125 heavy (non-hydrogen) atoms. The van der Waals surface area contributed by atoms with E-state index in [2.05, 4.69) is 283 Å². The molecule has 23 nitrogen and oxygen atoms in total. The summed E-state index contributed by atoms with van der Waals surface area (Å²) in [7, 11) is 0. The Morgan fingerprint density at radius 3 is 0.624 bits per heavy atom. The first-order valence-electron chi connectivity index (χ1n) is 51.0. The molecule has 5 N–H and O–H groups in total. The molecule has 3 aromatic heterocycles. The smallest absolute Gasteiger partial charge is 0.236 e. The minimum atomic E-state index is -0.131. The van der Waals surface area contributed by atoms with E-state index >= 15 is 0 Å². The van der Waals surface area contributed by atoms with Gasteiger partial charge >= 0.3 is 0 Å². The van der Waals surface area contributed by atoms with E-state index in [4.69, 9.17) is 44.9 Å². The van der Waals surface area contributed by atoms with E-state index in [1.165, 1.54) is 0 Å². The minimum absolute atomic E-state index is 0. The third kappa shape index (κ3) is 33.0. The molecular weight excluding hydrogens is 1550 g/mol. The highest BCUT2D eigenvalue weighted by molar-refractivity contribution is 5.52. The van der Waals surface area contributed by atoms with Gasteiger partial charge in [0.05, 0.1) is 6.20 Å². The maximum absolute atomic E-state index is 6.10. The van der Waals surface area contributed by atoms with Crippen molar-refractivity contribution in [1.29, 1.82) is 0 Å². The van der Waals surface area contributed by atoms with Crippen LogP contribution in [0.1, 0.15) is 418 Å². The summed E-state index contributed by atoms with van der Waals surface area (Å²) >= 11 is 0. The summed E-state index contributed by atoms with van der Waals surface area (Å²) < 4.78 is 0. The lowest BCUT2D eigenvalue weighted by Crippen LogP contribution is -2.63. The molecule has 5 aliphatic heterocycles. The van der Waals surface area contributed by atoms with Crippen LogP contribution in [-0.4, -0.2) is 209 Å². The number of unbranched alkanes of at least 4 members (excludes halogenated alkanes) is 14. The molecule has 0 amide bonds. The van der Waals surface area contributed by atoms with E-state index in [0.717, 1.165) is 344 Å². The van der Waals surface area contributed by atoms with Gasteiger partial charge in [0.25, 0.3) is 0 Å². The molecule has 0 unspecified atom stereocenters. The SMILES string of the molecule is C=C=C=CN(CCCC)c1nc(N(CCCC)CCCC)nc(N(CCCCCCN(c2nc(N(CCCC)C3CC(C)(C)NC(C)(C)C3)nc(N(CCCCCCN(c3nc(N(CCCC)CCCC)nc(N(CCCC)CCCC)n3)C3CC(C)(C)NC(C)(C)C3)C3CC(C)(C)NC(C)(C)C3)n2)C2CC(C)(C)NC(C)(C)C2)C2CC(C)(C)NC(C)(C)C2)n1.[HH].[HH].[HH].[HH]. The van der Waals surface area contributed by atoms with Crippen molar-refractivity contribution < 1.29 is 5.71 Å². The number of rotatable bonds is 53. The summed E-state index contributed by atoms with van der Waals surface area (Å²) in [6.07, 6.45) is 37.5. The Morgan fingerprint density at radius 2 is 0.416 bits per heavy atom. The lowest BCUT2D eigenvalue weighted by molar-refractivity contribution is 0.155. The minimum Gasteiger partial charge on any atom is -0.341 e. The molecule has 23 heteroatoms. The van der Waals surface area contributed by atoms with Crippen LogP contribution in [0.25, 0.3) is 0 Å². The highest BCUT2D eigenvalue weighted by Gasteiger charge is 2.48. The molecule has 3 aromatic rings. The summed E-state index contributed by atoms with van der Waals surface area (Å²) in [5, 5.41) is 20.4. The standard InChI is InChI=1S/C102H189N23.4H2/c1-30-39-56-117(57-40-31-2)84-103-85(118(58-41-32-3)59-42-33-4)106-88(105-84)122(80-71-95(14,15)113-96(16,17)72-80)65-52-48-50-54-67-124(82-75-99(22,23)115-100(24,25)76-82)91-109-90(121(64-47-38-9)79-69-93(10,11)112-94(12,13)70-79)110-92(111-91)125(83-77-101(26,27)116-102(28,29)78-83)68-55-51-49-53-66-123(81-73-97(18,19)114-98(20,21)74-81)89-107-86(119(60-43-34-5)61-44-35-6)104-87(108-89)120(62-45-36-7)63-46-37-8;;;;/h56,79-83,112-116H,1,31-38,40-55,57-78H2,2-29H3;4*1H. The van der Waals surface area contributed by atoms with Crippen molar-refractivity contribution in [2.75, 3.05) is 123 Å². The average molecular weight is 1750 g/mol. The van der Waals surface area contributed by atoms with E-state index in [-0.39, 0.29) is 91.3 Å². The fourth-order valence-corrected chi connectivity index (χ4v) is 22.8. The zero-order valence-electron chi connectivity index (χ0n) is 85.7. The van der Waals surface area contributed by atoms with Crippen LogP contribution in [0.3, 0.4) is 0 Å². The summed E-state index contributed by atoms with van der Waals surface area (Å²) in [6, 6.07) is 1.02. The van der Waals surface area contributed by atoms with Crippen molar-refractivity contribution in [3.05, 3.63) is 24.2 Å². The number of nitrogens with one attached hydrogen (secondary N) is 5. The van der Waals surface area contributed by atoms with Gasteiger partial charge in [0.1, 0.15) is 0 Å². The summed E-state index contributed by atoms with van der Waals surface area (Å²) in [5.74, 6) is 7.30. The van der Waals surface area contributed by atoms with Gasteiger partial charge in [-0.3, -0.25) is 0 Å². The molecule has 0 spiro atoms. The van der Waals surface area contributed by atoms with Crippen molar-refractivity contribution in [2.24, 2.45) is 0 Å². The first-order valence-corrected chi connectivity index (χ1v) is 51.0. The van der Waals surface area contributed by atoms with Gasteiger partial charge in [-0.15, -0.1) is 0 Å². The Balaban J connectivity index is 0.00000871. The highest BCUT2D eigenvalue weighted by Crippen LogP contribution is 2.42. The predicted molar refractivity (Wildman–Crippen MR) is 544 cm³/mol. The summed E-state index contributed by atoms with van der Waals surface area (Å²) in [5.41, 5.74) is 5.05. The molecular formula is C102H197N23. The van der Waals surface area contributed by atoms with Crippen LogP contribution in [0, 0.1) is 0 Å². The number of piperidine rings is 5. The van der Waals surface area contributed by atoms with E-state index in [0.29, 0.717) is 5.95 Å². The van der Waals surface area contributed by atoms with Crippen LogP contribution < -0.4 is 70.7 Å². The van der Waals surface area contributed by atoms with Crippen LogP contribution in [0.5, 0.6) is 0 Å². The van der Waals surface area contributed by atoms with Crippen molar-refractivity contribution in [2.45, 2.75) is 498 Å². The number of aromatic nitrogens is 9. The lowest BCUT2D eigenvalue weighted by atomic mass is 9.79. The van der Waals surface area contributed by atoms with E-state index in [1.54, 1.807) is 0 Å². The number of hydrogen-bond acceptors (Lipinski definition) is 23. The van der Waals surface area contributed by atoms with Gasteiger partial charge in [-0.05, 0) is 286 Å². The number of hydrogen-bond donors (Lipinski definition) is 5. The fraction of sp³-hybridized carbons (Fsp3) is 0.873. The summed E-state index contributed by atoms with van der Waals surface area (Å²) in [4.78, 5) is 74.5. The van der Waals surface area contributed by atoms with Gasteiger partial charge in [-0.1, -0.05) is 144 Å². The van der Waals surface area contributed by atoms with Gasteiger partial charge in [-0.2, -0.15) is 44.9 Å². The van der Waals surface area contributed by atoms with Gasteiger partial charge in [-0.25, -0.2) is 0 Å². The second-order valence-corrected chi connectivity index (χ2v) is 45.7. The molecule has 8 heterocycles. The van der Waals surface area contributed by atoms with Crippen molar-refractivity contribution >= 4 is 53.5 Å².